The summed E-state index contributed by atoms with van der Waals surface area (Å²) in [6.07, 6.45) is 3.89. The van der Waals surface area contributed by atoms with E-state index in [0.29, 0.717) is 35.4 Å². The third-order valence-electron chi connectivity index (χ3n) is 8.44. The van der Waals surface area contributed by atoms with E-state index in [-0.39, 0.29) is 6.04 Å². The molecular weight excluding hydrogens is 518 g/mol. The van der Waals surface area contributed by atoms with E-state index in [2.05, 4.69) is 39.8 Å². The molecule has 1 aliphatic carbocycles. The van der Waals surface area contributed by atoms with Crippen molar-refractivity contribution in [1.29, 1.82) is 0 Å². The molecule has 4 aromatic rings. The number of H-pyrrole nitrogens is 1. The van der Waals surface area contributed by atoms with Crippen LogP contribution in [0.3, 0.4) is 0 Å². The van der Waals surface area contributed by atoms with E-state index < -0.39 is 24.5 Å². The first-order chi connectivity index (χ1) is 18.7. The van der Waals surface area contributed by atoms with Crippen molar-refractivity contribution in [3.05, 3.63) is 47.1 Å². The van der Waals surface area contributed by atoms with Gasteiger partial charge in [0, 0.05) is 36.3 Å². The summed E-state index contributed by atoms with van der Waals surface area (Å²) < 4.78 is 7.89. The molecule has 5 N–H and O–H groups in total. The van der Waals surface area contributed by atoms with E-state index in [1.54, 1.807) is 23.2 Å². The maximum absolute atomic E-state index is 10.9. The molecule has 208 valence electrons. The zero-order valence-electron chi connectivity index (χ0n) is 22.5. The van der Waals surface area contributed by atoms with Gasteiger partial charge in [-0.1, -0.05) is 11.6 Å². The number of aliphatic hydroxyl groups is 2. The minimum absolute atomic E-state index is 0.279. The topological polar surface area (TPSA) is 138 Å². The maximum Gasteiger partial charge on any atom is 0.165 e. The number of ether oxygens (including phenoxy) is 1. The molecule has 3 aromatic heterocycles. The van der Waals surface area contributed by atoms with Gasteiger partial charge in [0.05, 0.1) is 23.0 Å². The summed E-state index contributed by atoms with van der Waals surface area (Å²) in [5.74, 6) is 1.62. The first-order valence-corrected chi connectivity index (χ1v) is 14.1. The lowest BCUT2D eigenvalue weighted by atomic mass is 9.76. The molecule has 0 bridgehead atoms. The van der Waals surface area contributed by atoms with Gasteiger partial charge in [-0.15, -0.1) is 0 Å². The molecular formula is C28H36ClN7O3. The number of aryl methyl sites for hydroxylation is 2. The largest absolute Gasteiger partial charge is 0.397 e. The molecule has 1 aliphatic heterocycles. The summed E-state index contributed by atoms with van der Waals surface area (Å²) in [4.78, 5) is 19.3. The highest BCUT2D eigenvalue weighted by atomic mass is 35.5. The molecule has 0 radical (unpaired) electrons. The fourth-order valence-electron chi connectivity index (χ4n) is 6.10. The van der Waals surface area contributed by atoms with Crippen LogP contribution in [0.5, 0.6) is 0 Å². The molecule has 11 heteroatoms. The minimum atomic E-state index is -1.10. The first-order valence-electron chi connectivity index (χ1n) is 13.7. The van der Waals surface area contributed by atoms with Gasteiger partial charge in [0.15, 0.2) is 11.9 Å². The number of aromatic amines is 1. The van der Waals surface area contributed by atoms with Crippen LogP contribution in [0.4, 0.5) is 5.69 Å². The highest BCUT2D eigenvalue weighted by Gasteiger charge is 2.46. The van der Waals surface area contributed by atoms with Crippen LogP contribution in [-0.4, -0.2) is 76.6 Å². The third-order valence-corrected chi connectivity index (χ3v) is 8.85. The Morgan fingerprint density at radius 3 is 2.79 bits per heavy atom. The minimum Gasteiger partial charge on any atom is -0.397 e. The van der Waals surface area contributed by atoms with E-state index in [4.69, 9.17) is 27.1 Å². The second-order valence-corrected chi connectivity index (χ2v) is 11.8. The number of hydrogen-bond donors (Lipinski definition) is 4. The van der Waals surface area contributed by atoms with Gasteiger partial charge in [-0.2, -0.15) is 0 Å². The van der Waals surface area contributed by atoms with Crippen molar-refractivity contribution in [2.45, 2.75) is 83.1 Å². The van der Waals surface area contributed by atoms with Crippen LogP contribution in [-0.2, 0) is 11.2 Å². The van der Waals surface area contributed by atoms with Gasteiger partial charge in [0.2, 0.25) is 0 Å². The number of aliphatic hydroxyl groups excluding tert-OH is 2. The van der Waals surface area contributed by atoms with Gasteiger partial charge in [-0.05, 0) is 69.7 Å². The summed E-state index contributed by atoms with van der Waals surface area (Å²) in [5.41, 5.74) is 10.6. The summed E-state index contributed by atoms with van der Waals surface area (Å²) in [5, 5.41) is 22.5. The molecule has 1 aromatic carbocycles. The van der Waals surface area contributed by atoms with Crippen LogP contribution in [0, 0.1) is 12.8 Å². The van der Waals surface area contributed by atoms with Crippen LogP contribution in [0.15, 0.2) is 30.7 Å². The lowest BCUT2D eigenvalue weighted by molar-refractivity contribution is -0.0620. The van der Waals surface area contributed by atoms with Crippen molar-refractivity contribution in [3.63, 3.8) is 0 Å². The zero-order valence-corrected chi connectivity index (χ0v) is 23.2. The lowest BCUT2D eigenvalue weighted by Gasteiger charge is -2.46. The summed E-state index contributed by atoms with van der Waals surface area (Å²) in [6.45, 7) is 6.87. The van der Waals surface area contributed by atoms with Crippen molar-refractivity contribution in [1.82, 2.24) is 29.4 Å². The number of rotatable bonds is 8. The molecule has 39 heavy (non-hydrogen) atoms. The molecule has 4 atom stereocenters. The molecule has 0 unspecified atom stereocenters. The van der Waals surface area contributed by atoms with Gasteiger partial charge in [-0.25, -0.2) is 15.0 Å². The van der Waals surface area contributed by atoms with Crippen LogP contribution in [0.25, 0.3) is 22.2 Å². The SMILES string of the molecule is Cc1cc2[nH]c(CCC3CC(N(C[C@H]4O[C@@H](n5cnc6c(N)ccnc65)[C@H](O)[C@@H]4O)C(C)C)C3)nc2cc1Cl. The van der Waals surface area contributed by atoms with Crippen LogP contribution < -0.4 is 5.73 Å². The molecule has 10 nitrogen and oxygen atoms in total. The Kier molecular flexibility index (Phi) is 7.01. The standard InChI is InChI=1S/C28H36ClN7O3/c1-14(2)35(17-9-16(10-17)4-5-23-33-20-8-15(3)18(29)11-21(20)34-23)12-22-25(37)26(38)28(39-22)36-13-32-24-19(30)6-7-31-27(24)36/h6-8,11,13-14,16-17,22,25-26,28,37-38H,4-5,9-10,12H2,1-3H3,(H2,30,31)(H,33,34)/t16?,17?,22-,25-,26-,28-/m1/s1. The number of anilines is 1. The summed E-state index contributed by atoms with van der Waals surface area (Å²) >= 11 is 6.26. The summed E-state index contributed by atoms with van der Waals surface area (Å²) in [6, 6.07) is 6.35. The number of hydrogen-bond acceptors (Lipinski definition) is 8. The number of benzene rings is 1. The third kappa shape index (κ3) is 4.89. The molecule has 0 amide bonds. The maximum atomic E-state index is 10.9. The van der Waals surface area contributed by atoms with E-state index in [1.165, 1.54) is 0 Å². The quantitative estimate of drug-likeness (QED) is 0.260. The highest BCUT2D eigenvalue weighted by molar-refractivity contribution is 6.32. The second kappa shape index (κ2) is 10.3. The first kappa shape index (κ1) is 26.5. The number of nitrogens with one attached hydrogen (secondary N) is 1. The molecule has 4 heterocycles. The second-order valence-electron chi connectivity index (χ2n) is 11.4. The van der Waals surface area contributed by atoms with Crippen LogP contribution in [0.2, 0.25) is 5.02 Å². The molecule has 2 aliphatic rings. The Morgan fingerprint density at radius 2 is 2.03 bits per heavy atom. The normalized spacial score (nSPS) is 27.3. The fraction of sp³-hybridized carbons (Fsp3) is 0.536. The number of fused-ring (bicyclic) bond motifs is 2. The van der Waals surface area contributed by atoms with Gasteiger partial charge < -0.3 is 25.7 Å². The monoisotopic (exact) mass is 553 g/mol. The van der Waals surface area contributed by atoms with Gasteiger partial charge in [-0.3, -0.25) is 9.47 Å². The summed E-state index contributed by atoms with van der Waals surface area (Å²) in [7, 11) is 0. The van der Waals surface area contributed by atoms with E-state index >= 15 is 0 Å². The lowest BCUT2D eigenvalue weighted by Crippen LogP contribution is -2.52. The van der Waals surface area contributed by atoms with Crippen molar-refractivity contribution < 1.29 is 14.9 Å². The van der Waals surface area contributed by atoms with Crippen molar-refractivity contribution in [2.24, 2.45) is 5.92 Å². The van der Waals surface area contributed by atoms with Gasteiger partial charge in [0.1, 0.15) is 29.7 Å². The zero-order chi connectivity index (χ0) is 27.4. The Balaban J connectivity index is 1.07. The predicted molar refractivity (Wildman–Crippen MR) is 150 cm³/mol. The molecule has 0 spiro atoms. The van der Waals surface area contributed by atoms with Gasteiger partial charge in [0.25, 0.3) is 0 Å². The van der Waals surface area contributed by atoms with Crippen molar-refractivity contribution in [2.75, 3.05) is 12.3 Å². The average molecular weight is 554 g/mol. The predicted octanol–water partition coefficient (Wildman–Crippen LogP) is 3.59. The van der Waals surface area contributed by atoms with E-state index in [0.717, 1.165) is 53.1 Å². The Labute approximate surface area is 232 Å². The molecule has 1 saturated heterocycles. The van der Waals surface area contributed by atoms with Crippen LogP contribution >= 0.6 is 11.6 Å². The molecule has 1 saturated carbocycles. The molecule has 2 fully saturated rings. The Morgan fingerprint density at radius 1 is 1.23 bits per heavy atom. The number of imidazole rings is 2. The number of nitrogen functional groups attached to an aromatic ring is 1. The highest BCUT2D eigenvalue weighted by Crippen LogP contribution is 2.38. The fourth-order valence-corrected chi connectivity index (χ4v) is 6.26. The average Bonchev–Trinajstić information content (AvgIpc) is 3.55. The van der Waals surface area contributed by atoms with Crippen LogP contribution in [0.1, 0.15) is 50.7 Å². The molecule has 6 rings (SSSR count). The number of aromatic nitrogens is 5. The Hall–Kier alpha value is -2.76. The number of nitrogens with two attached hydrogens (primary N) is 1. The number of pyridine rings is 1. The number of nitrogens with zero attached hydrogens (tertiary/aromatic N) is 5. The van der Waals surface area contributed by atoms with E-state index in [9.17, 15) is 10.2 Å². The van der Waals surface area contributed by atoms with E-state index in [1.807, 2.05) is 13.0 Å². The van der Waals surface area contributed by atoms with Crippen molar-refractivity contribution >= 4 is 39.5 Å². The van der Waals surface area contributed by atoms with Crippen molar-refractivity contribution in [3.8, 4) is 0 Å². The number of halogens is 1. The Bertz CT molecular complexity index is 1440. The smallest absolute Gasteiger partial charge is 0.165 e. The van der Waals surface area contributed by atoms with Gasteiger partial charge >= 0.3 is 0 Å².